The van der Waals surface area contributed by atoms with Gasteiger partial charge in [-0.25, -0.2) is 0 Å². The van der Waals surface area contributed by atoms with Gasteiger partial charge in [-0.3, -0.25) is 15.0 Å². The molecule has 17 heavy (non-hydrogen) atoms. The molecule has 0 saturated carbocycles. The molecule has 98 valence electrons. The van der Waals surface area contributed by atoms with E-state index in [4.69, 9.17) is 0 Å². The Morgan fingerprint density at radius 3 is 3.00 bits per heavy atom. The molecule has 2 saturated heterocycles. The Morgan fingerprint density at radius 2 is 2.29 bits per heavy atom. The molecule has 2 rings (SSSR count). The molecule has 0 aromatic heterocycles. The zero-order chi connectivity index (χ0) is 12.3. The first-order chi connectivity index (χ1) is 8.16. The van der Waals surface area contributed by atoms with Gasteiger partial charge in [0.05, 0.1) is 6.04 Å². The highest BCUT2D eigenvalue weighted by Crippen LogP contribution is 2.10. The van der Waals surface area contributed by atoms with E-state index >= 15 is 0 Å². The summed E-state index contributed by atoms with van der Waals surface area (Å²) in [4.78, 5) is 16.5. The SMILES string of the molecule is CN1CCN(C)C(CNC(=O)C2CSCN2)C1. The van der Waals surface area contributed by atoms with Crippen LogP contribution in [0.4, 0.5) is 0 Å². The molecule has 0 bridgehead atoms. The molecule has 2 atom stereocenters. The fourth-order valence-electron chi connectivity index (χ4n) is 2.23. The maximum atomic E-state index is 11.9. The van der Waals surface area contributed by atoms with Crippen molar-refractivity contribution in [3.63, 3.8) is 0 Å². The fraction of sp³-hybridized carbons (Fsp3) is 0.909. The second-order valence-electron chi connectivity index (χ2n) is 4.91. The van der Waals surface area contributed by atoms with Crippen LogP contribution in [-0.4, -0.2) is 79.7 Å². The van der Waals surface area contributed by atoms with E-state index in [9.17, 15) is 4.79 Å². The van der Waals surface area contributed by atoms with Crippen molar-refractivity contribution in [2.75, 3.05) is 51.9 Å². The number of piperazine rings is 1. The lowest BCUT2D eigenvalue weighted by Gasteiger charge is -2.37. The van der Waals surface area contributed by atoms with Crippen molar-refractivity contribution in [2.24, 2.45) is 0 Å². The lowest BCUT2D eigenvalue weighted by Crippen LogP contribution is -2.55. The highest BCUT2D eigenvalue weighted by Gasteiger charge is 2.25. The zero-order valence-electron chi connectivity index (χ0n) is 10.6. The largest absolute Gasteiger partial charge is 0.353 e. The first-order valence-electron chi connectivity index (χ1n) is 6.14. The number of carbonyl (C=O) groups excluding carboxylic acids is 1. The van der Waals surface area contributed by atoms with E-state index in [1.807, 2.05) is 0 Å². The highest BCUT2D eigenvalue weighted by molar-refractivity contribution is 7.99. The topological polar surface area (TPSA) is 47.6 Å². The van der Waals surface area contributed by atoms with Crippen molar-refractivity contribution in [1.82, 2.24) is 20.4 Å². The van der Waals surface area contributed by atoms with E-state index in [0.29, 0.717) is 6.04 Å². The van der Waals surface area contributed by atoms with Crippen LogP contribution in [0, 0.1) is 0 Å². The van der Waals surface area contributed by atoms with Crippen molar-refractivity contribution in [3.05, 3.63) is 0 Å². The van der Waals surface area contributed by atoms with Crippen molar-refractivity contribution in [3.8, 4) is 0 Å². The Balaban J connectivity index is 1.74. The first-order valence-corrected chi connectivity index (χ1v) is 7.30. The highest BCUT2D eigenvalue weighted by atomic mass is 32.2. The molecular weight excluding hydrogens is 236 g/mol. The Labute approximate surface area is 107 Å². The van der Waals surface area contributed by atoms with Crippen LogP contribution in [0.5, 0.6) is 0 Å². The molecule has 0 aromatic carbocycles. The molecule has 2 fully saturated rings. The third kappa shape index (κ3) is 3.58. The van der Waals surface area contributed by atoms with Crippen molar-refractivity contribution in [1.29, 1.82) is 0 Å². The van der Waals surface area contributed by atoms with Gasteiger partial charge in [0, 0.05) is 43.9 Å². The number of rotatable bonds is 3. The van der Waals surface area contributed by atoms with Gasteiger partial charge >= 0.3 is 0 Å². The van der Waals surface area contributed by atoms with Crippen LogP contribution >= 0.6 is 11.8 Å². The van der Waals surface area contributed by atoms with Crippen LogP contribution in [-0.2, 0) is 4.79 Å². The molecule has 2 unspecified atom stereocenters. The van der Waals surface area contributed by atoms with Gasteiger partial charge in [0.1, 0.15) is 0 Å². The van der Waals surface area contributed by atoms with Crippen molar-refractivity contribution < 1.29 is 4.79 Å². The number of likely N-dealkylation sites (N-methyl/N-ethyl adjacent to an activating group) is 2. The van der Waals surface area contributed by atoms with Gasteiger partial charge in [-0.15, -0.1) is 11.8 Å². The minimum atomic E-state index is 0.00614. The van der Waals surface area contributed by atoms with Gasteiger partial charge in [0.2, 0.25) is 5.91 Å². The van der Waals surface area contributed by atoms with Crippen LogP contribution in [0.2, 0.25) is 0 Å². The number of nitrogens with zero attached hydrogens (tertiary/aromatic N) is 2. The molecule has 1 amide bonds. The molecule has 2 heterocycles. The van der Waals surface area contributed by atoms with E-state index in [1.165, 1.54) is 0 Å². The molecule has 2 N–H and O–H groups in total. The second kappa shape index (κ2) is 6.04. The standard InChI is InChI=1S/C11H22N4OS/c1-14-3-4-15(2)9(6-14)5-12-11(16)10-7-17-8-13-10/h9-10,13H,3-8H2,1-2H3,(H,12,16). The first kappa shape index (κ1) is 13.1. The lowest BCUT2D eigenvalue weighted by atomic mass is 10.2. The summed E-state index contributed by atoms with van der Waals surface area (Å²) < 4.78 is 0. The number of hydrogen-bond acceptors (Lipinski definition) is 5. The third-order valence-corrected chi connectivity index (χ3v) is 4.46. The Morgan fingerprint density at radius 1 is 1.47 bits per heavy atom. The molecule has 0 radical (unpaired) electrons. The predicted octanol–water partition coefficient (Wildman–Crippen LogP) is -0.989. The van der Waals surface area contributed by atoms with Gasteiger partial charge in [0.15, 0.2) is 0 Å². The van der Waals surface area contributed by atoms with E-state index in [-0.39, 0.29) is 11.9 Å². The number of amides is 1. The monoisotopic (exact) mass is 258 g/mol. The number of carbonyl (C=O) groups is 1. The van der Waals surface area contributed by atoms with Gasteiger partial charge in [-0.2, -0.15) is 0 Å². The van der Waals surface area contributed by atoms with E-state index in [1.54, 1.807) is 11.8 Å². The van der Waals surface area contributed by atoms with Crippen molar-refractivity contribution in [2.45, 2.75) is 12.1 Å². The van der Waals surface area contributed by atoms with Gasteiger partial charge in [-0.1, -0.05) is 0 Å². The summed E-state index contributed by atoms with van der Waals surface area (Å²) in [6, 6.07) is 0.443. The molecule has 2 aliphatic heterocycles. The summed E-state index contributed by atoms with van der Waals surface area (Å²) in [6.45, 7) is 3.97. The second-order valence-corrected chi connectivity index (χ2v) is 5.94. The third-order valence-electron chi connectivity index (χ3n) is 3.52. The van der Waals surface area contributed by atoms with Crippen LogP contribution in [0.3, 0.4) is 0 Å². The maximum absolute atomic E-state index is 11.9. The van der Waals surface area contributed by atoms with E-state index < -0.39 is 0 Å². The van der Waals surface area contributed by atoms with Crippen LogP contribution < -0.4 is 10.6 Å². The average Bonchev–Trinajstić information content (AvgIpc) is 2.83. The number of hydrogen-bond donors (Lipinski definition) is 2. The molecule has 6 heteroatoms. The Bertz CT molecular complexity index is 270. The van der Waals surface area contributed by atoms with E-state index in [2.05, 4.69) is 34.5 Å². The minimum Gasteiger partial charge on any atom is -0.353 e. The van der Waals surface area contributed by atoms with Crippen LogP contribution in [0.1, 0.15) is 0 Å². The average molecular weight is 258 g/mol. The minimum absolute atomic E-state index is 0.00614. The number of thioether (sulfide) groups is 1. The van der Waals surface area contributed by atoms with Crippen LogP contribution in [0.15, 0.2) is 0 Å². The zero-order valence-corrected chi connectivity index (χ0v) is 11.4. The summed E-state index contributed by atoms with van der Waals surface area (Å²) in [5.41, 5.74) is 0. The van der Waals surface area contributed by atoms with Gasteiger partial charge < -0.3 is 10.2 Å². The summed E-state index contributed by atoms with van der Waals surface area (Å²) in [6.07, 6.45) is 0. The lowest BCUT2D eigenvalue weighted by molar-refractivity contribution is -0.122. The van der Waals surface area contributed by atoms with Gasteiger partial charge in [-0.05, 0) is 14.1 Å². The molecule has 0 aromatic rings. The number of nitrogens with one attached hydrogen (secondary N) is 2. The molecule has 5 nitrogen and oxygen atoms in total. The normalized spacial score (nSPS) is 31.6. The molecule has 0 spiro atoms. The molecular formula is C11H22N4OS. The summed E-state index contributed by atoms with van der Waals surface area (Å²) in [7, 11) is 4.27. The molecule has 0 aliphatic carbocycles. The summed E-state index contributed by atoms with van der Waals surface area (Å²) in [5.74, 6) is 1.94. The van der Waals surface area contributed by atoms with Gasteiger partial charge in [0.25, 0.3) is 0 Å². The quantitative estimate of drug-likeness (QED) is 0.681. The van der Waals surface area contributed by atoms with Crippen LogP contribution in [0.25, 0.3) is 0 Å². The van der Waals surface area contributed by atoms with E-state index in [0.717, 1.165) is 37.8 Å². The summed E-state index contributed by atoms with van der Waals surface area (Å²) in [5, 5.41) is 6.25. The molecule has 2 aliphatic rings. The Hall–Kier alpha value is -0.300. The van der Waals surface area contributed by atoms with Crippen molar-refractivity contribution >= 4 is 17.7 Å². The Kier molecular flexibility index (Phi) is 4.67. The summed E-state index contributed by atoms with van der Waals surface area (Å²) >= 11 is 1.78. The maximum Gasteiger partial charge on any atom is 0.238 e. The fourth-order valence-corrected chi connectivity index (χ4v) is 3.17. The predicted molar refractivity (Wildman–Crippen MR) is 71.2 cm³/mol. The smallest absolute Gasteiger partial charge is 0.238 e.